The van der Waals surface area contributed by atoms with Crippen LogP contribution in [0.1, 0.15) is 0 Å². The quantitative estimate of drug-likeness (QED) is 0.465. The molecule has 0 bridgehead atoms. The summed E-state index contributed by atoms with van der Waals surface area (Å²) in [5.74, 6) is 0.933. The standard InChI is InChI=1S/C11H8IN3O4/c1-18-9-3-2-7(15(16)17)4-10(9)19-11-8(12)5-13-6-14-11/h2-6H,1H3. The van der Waals surface area contributed by atoms with E-state index in [2.05, 4.69) is 9.97 Å². The SMILES string of the molecule is COc1ccc([N+](=O)[O-])cc1Oc1ncncc1I. The topological polar surface area (TPSA) is 87.4 Å². The van der Waals surface area contributed by atoms with E-state index >= 15 is 0 Å². The van der Waals surface area contributed by atoms with Gasteiger partial charge in [0.25, 0.3) is 5.69 Å². The van der Waals surface area contributed by atoms with Crippen LogP contribution in [0.2, 0.25) is 0 Å². The van der Waals surface area contributed by atoms with E-state index in [1.807, 2.05) is 22.6 Å². The fourth-order valence-corrected chi connectivity index (χ4v) is 1.75. The Hall–Kier alpha value is -1.97. The molecule has 19 heavy (non-hydrogen) atoms. The summed E-state index contributed by atoms with van der Waals surface area (Å²) in [5.41, 5.74) is -0.0835. The molecule has 8 heteroatoms. The van der Waals surface area contributed by atoms with Crippen molar-refractivity contribution in [3.05, 3.63) is 44.4 Å². The Morgan fingerprint density at radius 2 is 2.16 bits per heavy atom. The van der Waals surface area contributed by atoms with Crippen LogP contribution in [0.3, 0.4) is 0 Å². The Bertz CT molecular complexity index is 621. The number of halogens is 1. The molecule has 0 amide bonds. The summed E-state index contributed by atoms with van der Waals surface area (Å²) in [7, 11) is 1.46. The van der Waals surface area contributed by atoms with Crippen LogP contribution in [0.4, 0.5) is 5.69 Å². The molecule has 0 atom stereocenters. The van der Waals surface area contributed by atoms with Gasteiger partial charge in [0.2, 0.25) is 5.88 Å². The Kier molecular flexibility index (Phi) is 4.10. The van der Waals surface area contributed by atoms with Crippen LogP contribution in [0, 0.1) is 13.7 Å². The van der Waals surface area contributed by atoms with Crippen LogP contribution in [0.25, 0.3) is 0 Å². The van der Waals surface area contributed by atoms with E-state index in [4.69, 9.17) is 9.47 Å². The van der Waals surface area contributed by atoms with Gasteiger partial charge in [-0.3, -0.25) is 10.1 Å². The molecule has 2 rings (SSSR count). The average molecular weight is 373 g/mol. The summed E-state index contributed by atoms with van der Waals surface area (Å²) in [6.45, 7) is 0. The van der Waals surface area contributed by atoms with Gasteiger partial charge in [-0.2, -0.15) is 0 Å². The lowest BCUT2D eigenvalue weighted by Gasteiger charge is -2.09. The van der Waals surface area contributed by atoms with E-state index in [-0.39, 0.29) is 11.4 Å². The molecule has 0 aliphatic heterocycles. The molecule has 0 aliphatic carbocycles. The number of methoxy groups -OCH3 is 1. The number of ether oxygens (including phenoxy) is 2. The second-order valence-corrected chi connectivity index (χ2v) is 4.53. The molecular weight excluding hydrogens is 365 g/mol. The van der Waals surface area contributed by atoms with Gasteiger partial charge < -0.3 is 9.47 Å². The molecule has 0 aliphatic rings. The fourth-order valence-electron chi connectivity index (χ4n) is 1.34. The number of aromatic nitrogens is 2. The van der Waals surface area contributed by atoms with Gasteiger partial charge in [-0.1, -0.05) is 0 Å². The molecule has 0 N–H and O–H groups in total. The van der Waals surface area contributed by atoms with Gasteiger partial charge in [0.15, 0.2) is 11.5 Å². The first-order valence-corrected chi connectivity index (χ1v) is 6.15. The van der Waals surface area contributed by atoms with Gasteiger partial charge in [0.1, 0.15) is 6.33 Å². The normalized spacial score (nSPS) is 10.0. The van der Waals surface area contributed by atoms with Gasteiger partial charge in [-0.05, 0) is 28.7 Å². The molecule has 1 heterocycles. The maximum absolute atomic E-state index is 10.8. The van der Waals surface area contributed by atoms with E-state index in [1.165, 1.54) is 31.6 Å². The van der Waals surface area contributed by atoms with Crippen LogP contribution < -0.4 is 9.47 Å². The first kappa shape index (κ1) is 13.5. The Labute approximate surface area is 121 Å². The van der Waals surface area contributed by atoms with Crippen LogP contribution in [-0.4, -0.2) is 22.0 Å². The number of rotatable bonds is 4. The number of benzene rings is 1. The lowest BCUT2D eigenvalue weighted by atomic mass is 10.3. The predicted molar refractivity (Wildman–Crippen MR) is 74.5 cm³/mol. The summed E-state index contributed by atoms with van der Waals surface area (Å²) in [5, 5.41) is 10.8. The molecule has 0 spiro atoms. The lowest BCUT2D eigenvalue weighted by Crippen LogP contribution is -1.96. The summed E-state index contributed by atoms with van der Waals surface area (Å²) in [6.07, 6.45) is 2.91. The van der Waals surface area contributed by atoms with E-state index in [0.717, 1.165) is 0 Å². The zero-order chi connectivity index (χ0) is 13.8. The lowest BCUT2D eigenvalue weighted by molar-refractivity contribution is -0.384. The highest BCUT2D eigenvalue weighted by Crippen LogP contribution is 2.35. The first-order valence-electron chi connectivity index (χ1n) is 5.07. The third-order valence-electron chi connectivity index (χ3n) is 2.20. The van der Waals surface area contributed by atoms with E-state index in [9.17, 15) is 10.1 Å². The maximum Gasteiger partial charge on any atom is 0.273 e. The number of nitrogens with zero attached hydrogens (tertiary/aromatic N) is 3. The zero-order valence-electron chi connectivity index (χ0n) is 9.74. The predicted octanol–water partition coefficient (Wildman–Crippen LogP) is 2.79. The van der Waals surface area contributed by atoms with Crippen LogP contribution in [0.5, 0.6) is 17.4 Å². The van der Waals surface area contributed by atoms with E-state index in [1.54, 1.807) is 6.20 Å². The number of non-ortho nitro benzene ring substituents is 1. The van der Waals surface area contributed by atoms with Gasteiger partial charge >= 0.3 is 0 Å². The third kappa shape index (κ3) is 3.08. The molecule has 0 unspecified atom stereocenters. The van der Waals surface area contributed by atoms with Crippen LogP contribution in [-0.2, 0) is 0 Å². The van der Waals surface area contributed by atoms with Gasteiger partial charge in [-0.15, -0.1) is 0 Å². The summed E-state index contributed by atoms with van der Waals surface area (Å²) in [6, 6.07) is 4.11. The molecule has 7 nitrogen and oxygen atoms in total. The van der Waals surface area contributed by atoms with Gasteiger partial charge in [-0.25, -0.2) is 9.97 Å². The average Bonchev–Trinajstić information content (AvgIpc) is 2.41. The molecule has 0 fully saturated rings. The smallest absolute Gasteiger partial charge is 0.273 e. The van der Waals surface area contributed by atoms with Crippen molar-refractivity contribution in [2.75, 3.05) is 7.11 Å². The second kappa shape index (κ2) is 5.78. The minimum absolute atomic E-state index is 0.0835. The summed E-state index contributed by atoms with van der Waals surface area (Å²) < 4.78 is 11.3. The summed E-state index contributed by atoms with van der Waals surface area (Å²) in [4.78, 5) is 18.0. The van der Waals surface area contributed by atoms with Crippen LogP contribution in [0.15, 0.2) is 30.7 Å². The molecule has 1 aromatic carbocycles. The highest BCUT2D eigenvalue weighted by atomic mass is 127. The molecule has 98 valence electrons. The minimum atomic E-state index is -0.503. The largest absolute Gasteiger partial charge is 0.493 e. The molecular formula is C11H8IN3O4. The monoisotopic (exact) mass is 373 g/mol. The van der Waals surface area contributed by atoms with Gasteiger partial charge in [0, 0.05) is 12.3 Å². The van der Waals surface area contributed by atoms with Crippen LogP contribution >= 0.6 is 22.6 Å². The second-order valence-electron chi connectivity index (χ2n) is 3.37. The summed E-state index contributed by atoms with van der Waals surface area (Å²) >= 11 is 2.01. The molecule has 0 saturated heterocycles. The highest BCUT2D eigenvalue weighted by molar-refractivity contribution is 14.1. The van der Waals surface area contributed by atoms with E-state index in [0.29, 0.717) is 15.2 Å². The zero-order valence-corrected chi connectivity index (χ0v) is 11.9. The molecule has 0 saturated carbocycles. The van der Waals surface area contributed by atoms with Gasteiger partial charge in [0.05, 0.1) is 21.7 Å². The molecule has 2 aromatic rings. The van der Waals surface area contributed by atoms with Crippen molar-refractivity contribution in [1.82, 2.24) is 9.97 Å². The van der Waals surface area contributed by atoms with Crippen molar-refractivity contribution in [1.29, 1.82) is 0 Å². The Morgan fingerprint density at radius 1 is 1.37 bits per heavy atom. The third-order valence-corrected chi connectivity index (χ3v) is 2.94. The minimum Gasteiger partial charge on any atom is -0.493 e. The number of hydrogen-bond acceptors (Lipinski definition) is 6. The fraction of sp³-hybridized carbons (Fsp3) is 0.0909. The number of nitro groups is 1. The molecule has 0 radical (unpaired) electrons. The van der Waals surface area contributed by atoms with Crippen molar-refractivity contribution >= 4 is 28.3 Å². The van der Waals surface area contributed by atoms with Crippen molar-refractivity contribution in [2.24, 2.45) is 0 Å². The first-order chi connectivity index (χ1) is 9.11. The van der Waals surface area contributed by atoms with Crippen molar-refractivity contribution in [3.63, 3.8) is 0 Å². The highest BCUT2D eigenvalue weighted by Gasteiger charge is 2.14. The van der Waals surface area contributed by atoms with E-state index < -0.39 is 4.92 Å². The van der Waals surface area contributed by atoms with Crippen molar-refractivity contribution in [3.8, 4) is 17.4 Å². The van der Waals surface area contributed by atoms with Crippen molar-refractivity contribution in [2.45, 2.75) is 0 Å². The molecule has 1 aromatic heterocycles. The Morgan fingerprint density at radius 3 is 2.79 bits per heavy atom. The Balaban J connectivity index is 2.40. The van der Waals surface area contributed by atoms with Crippen molar-refractivity contribution < 1.29 is 14.4 Å². The maximum atomic E-state index is 10.8. The number of hydrogen-bond donors (Lipinski definition) is 0. The number of nitro benzene ring substituents is 1.